The van der Waals surface area contributed by atoms with Gasteiger partial charge in [0.15, 0.2) is 5.82 Å². The van der Waals surface area contributed by atoms with Crippen LogP contribution in [0, 0.1) is 0 Å². The normalized spacial score (nSPS) is 27.0. The molecular formula is C14H23N3O. The zero-order chi connectivity index (χ0) is 12.2. The predicted octanol–water partition coefficient (Wildman–Crippen LogP) is 2.97. The van der Waals surface area contributed by atoms with Crippen molar-refractivity contribution >= 4 is 0 Å². The van der Waals surface area contributed by atoms with Crippen molar-refractivity contribution in [3.05, 3.63) is 11.7 Å². The first-order valence-corrected chi connectivity index (χ1v) is 7.47. The SMILES string of the molecule is C1CCCC(c2noc(C3CCCNC3)n2)CC1. The maximum Gasteiger partial charge on any atom is 0.231 e. The van der Waals surface area contributed by atoms with Gasteiger partial charge in [0, 0.05) is 12.5 Å². The van der Waals surface area contributed by atoms with Crippen LogP contribution in [0.25, 0.3) is 0 Å². The van der Waals surface area contributed by atoms with Crippen LogP contribution in [0.3, 0.4) is 0 Å². The Hall–Kier alpha value is -0.900. The van der Waals surface area contributed by atoms with Gasteiger partial charge < -0.3 is 9.84 Å². The van der Waals surface area contributed by atoms with E-state index < -0.39 is 0 Å². The van der Waals surface area contributed by atoms with Gasteiger partial charge in [0.25, 0.3) is 0 Å². The molecule has 1 aromatic heterocycles. The van der Waals surface area contributed by atoms with Crippen LogP contribution in [-0.4, -0.2) is 23.2 Å². The molecule has 0 bridgehead atoms. The smallest absolute Gasteiger partial charge is 0.231 e. The molecule has 0 amide bonds. The van der Waals surface area contributed by atoms with Gasteiger partial charge >= 0.3 is 0 Å². The second-order valence-corrected chi connectivity index (χ2v) is 5.72. The van der Waals surface area contributed by atoms with Crippen LogP contribution in [0.1, 0.15) is 74.9 Å². The van der Waals surface area contributed by atoms with E-state index in [1.165, 1.54) is 51.4 Å². The van der Waals surface area contributed by atoms with Gasteiger partial charge in [-0.2, -0.15) is 4.98 Å². The largest absolute Gasteiger partial charge is 0.339 e. The lowest BCUT2D eigenvalue weighted by Gasteiger charge is -2.18. The summed E-state index contributed by atoms with van der Waals surface area (Å²) in [5, 5.41) is 7.65. The molecule has 1 atom stereocenters. The Labute approximate surface area is 109 Å². The number of nitrogens with zero attached hydrogens (tertiary/aromatic N) is 2. The van der Waals surface area contributed by atoms with Crippen molar-refractivity contribution in [2.45, 2.75) is 63.2 Å². The number of aromatic nitrogens is 2. The van der Waals surface area contributed by atoms with Crippen LogP contribution < -0.4 is 5.32 Å². The quantitative estimate of drug-likeness (QED) is 0.819. The van der Waals surface area contributed by atoms with E-state index in [1.54, 1.807) is 0 Å². The molecule has 1 unspecified atom stereocenters. The van der Waals surface area contributed by atoms with Crippen molar-refractivity contribution < 1.29 is 4.52 Å². The molecule has 4 nitrogen and oxygen atoms in total. The van der Waals surface area contributed by atoms with Crippen molar-refractivity contribution in [3.63, 3.8) is 0 Å². The number of nitrogens with one attached hydrogen (secondary N) is 1. The molecule has 1 saturated carbocycles. The molecule has 0 radical (unpaired) electrons. The van der Waals surface area contributed by atoms with E-state index in [4.69, 9.17) is 4.52 Å². The Bertz CT molecular complexity index is 363. The molecule has 0 aromatic carbocycles. The summed E-state index contributed by atoms with van der Waals surface area (Å²) in [7, 11) is 0. The van der Waals surface area contributed by atoms with Crippen LogP contribution in [0.4, 0.5) is 0 Å². The second kappa shape index (κ2) is 5.83. The van der Waals surface area contributed by atoms with Crippen LogP contribution in [0.5, 0.6) is 0 Å². The first-order chi connectivity index (χ1) is 8.93. The monoisotopic (exact) mass is 249 g/mol. The number of hydrogen-bond donors (Lipinski definition) is 1. The van der Waals surface area contributed by atoms with Crippen molar-refractivity contribution in [2.24, 2.45) is 0 Å². The highest BCUT2D eigenvalue weighted by Gasteiger charge is 2.24. The molecule has 0 spiro atoms. The van der Waals surface area contributed by atoms with Crippen LogP contribution in [0.15, 0.2) is 4.52 Å². The van der Waals surface area contributed by atoms with E-state index in [0.717, 1.165) is 24.8 Å². The van der Waals surface area contributed by atoms with E-state index in [1.807, 2.05) is 0 Å². The molecular weight excluding hydrogens is 226 g/mol. The van der Waals surface area contributed by atoms with Crippen molar-refractivity contribution in [2.75, 3.05) is 13.1 Å². The summed E-state index contributed by atoms with van der Waals surface area (Å²) in [5.74, 6) is 2.81. The first-order valence-electron chi connectivity index (χ1n) is 7.47. The minimum absolute atomic E-state index is 0.436. The summed E-state index contributed by atoms with van der Waals surface area (Å²) < 4.78 is 5.50. The fourth-order valence-corrected chi connectivity index (χ4v) is 3.18. The molecule has 1 N–H and O–H groups in total. The van der Waals surface area contributed by atoms with Gasteiger partial charge in [0.05, 0.1) is 5.92 Å². The summed E-state index contributed by atoms with van der Waals surface area (Å²) in [4.78, 5) is 4.68. The van der Waals surface area contributed by atoms with E-state index in [0.29, 0.717) is 11.8 Å². The van der Waals surface area contributed by atoms with Gasteiger partial charge in [-0.3, -0.25) is 0 Å². The lowest BCUT2D eigenvalue weighted by Crippen LogP contribution is -2.28. The van der Waals surface area contributed by atoms with Gasteiger partial charge in [-0.1, -0.05) is 30.8 Å². The number of hydrogen-bond acceptors (Lipinski definition) is 4. The lowest BCUT2D eigenvalue weighted by molar-refractivity contribution is 0.318. The third-order valence-corrected chi connectivity index (χ3v) is 4.32. The highest BCUT2D eigenvalue weighted by Crippen LogP contribution is 2.31. The molecule has 4 heteroatoms. The molecule has 3 rings (SSSR count). The first kappa shape index (κ1) is 12.2. The molecule has 18 heavy (non-hydrogen) atoms. The van der Waals surface area contributed by atoms with Crippen LogP contribution in [-0.2, 0) is 0 Å². The second-order valence-electron chi connectivity index (χ2n) is 5.72. The molecule has 2 heterocycles. The lowest BCUT2D eigenvalue weighted by atomic mass is 9.98. The van der Waals surface area contributed by atoms with Crippen molar-refractivity contribution in [3.8, 4) is 0 Å². The summed E-state index contributed by atoms with van der Waals surface area (Å²) in [6, 6.07) is 0. The summed E-state index contributed by atoms with van der Waals surface area (Å²) in [6.45, 7) is 2.12. The molecule has 2 aliphatic rings. The summed E-state index contributed by atoms with van der Waals surface area (Å²) in [6.07, 6.45) is 10.2. The van der Waals surface area contributed by atoms with Crippen molar-refractivity contribution in [1.29, 1.82) is 0 Å². The minimum atomic E-state index is 0.436. The van der Waals surface area contributed by atoms with Crippen LogP contribution >= 0.6 is 0 Å². The Morgan fingerprint density at radius 3 is 2.44 bits per heavy atom. The molecule has 1 aromatic rings. The standard InChI is InChI=1S/C14H23N3O/c1-2-4-7-11(6-3-1)13-16-14(18-17-13)12-8-5-9-15-10-12/h11-12,15H,1-10H2. The fourth-order valence-electron chi connectivity index (χ4n) is 3.18. The highest BCUT2D eigenvalue weighted by molar-refractivity contribution is 5.01. The summed E-state index contributed by atoms with van der Waals surface area (Å²) >= 11 is 0. The minimum Gasteiger partial charge on any atom is -0.339 e. The van der Waals surface area contributed by atoms with Gasteiger partial charge in [0.1, 0.15) is 0 Å². The summed E-state index contributed by atoms with van der Waals surface area (Å²) in [5.41, 5.74) is 0. The zero-order valence-electron chi connectivity index (χ0n) is 11.0. The Morgan fingerprint density at radius 2 is 1.72 bits per heavy atom. The molecule has 2 fully saturated rings. The van der Waals surface area contributed by atoms with E-state index in [2.05, 4.69) is 15.5 Å². The van der Waals surface area contributed by atoms with Gasteiger partial charge in [-0.15, -0.1) is 0 Å². The van der Waals surface area contributed by atoms with E-state index in [9.17, 15) is 0 Å². The van der Waals surface area contributed by atoms with Gasteiger partial charge in [-0.25, -0.2) is 0 Å². The van der Waals surface area contributed by atoms with E-state index >= 15 is 0 Å². The van der Waals surface area contributed by atoms with Gasteiger partial charge in [0.2, 0.25) is 5.89 Å². The Balaban J connectivity index is 1.67. The maximum absolute atomic E-state index is 5.50. The van der Waals surface area contributed by atoms with Crippen LogP contribution in [0.2, 0.25) is 0 Å². The Kier molecular flexibility index (Phi) is 3.93. The van der Waals surface area contributed by atoms with Crippen molar-refractivity contribution in [1.82, 2.24) is 15.5 Å². The topological polar surface area (TPSA) is 51.0 Å². The molecule has 1 aliphatic heterocycles. The number of piperidine rings is 1. The third kappa shape index (κ3) is 2.74. The van der Waals surface area contributed by atoms with Gasteiger partial charge in [-0.05, 0) is 32.2 Å². The Morgan fingerprint density at radius 1 is 0.944 bits per heavy atom. The fraction of sp³-hybridized carbons (Fsp3) is 0.857. The zero-order valence-corrected chi connectivity index (χ0v) is 11.0. The van der Waals surface area contributed by atoms with E-state index in [-0.39, 0.29) is 0 Å². The average molecular weight is 249 g/mol. The average Bonchev–Trinajstić information content (AvgIpc) is 2.76. The molecule has 100 valence electrons. The third-order valence-electron chi connectivity index (χ3n) is 4.32. The molecule has 1 saturated heterocycles. The number of rotatable bonds is 2. The maximum atomic E-state index is 5.50. The highest BCUT2D eigenvalue weighted by atomic mass is 16.5. The molecule has 1 aliphatic carbocycles. The predicted molar refractivity (Wildman–Crippen MR) is 69.6 cm³/mol.